The van der Waals surface area contributed by atoms with E-state index in [0.717, 1.165) is 13.0 Å². The summed E-state index contributed by atoms with van der Waals surface area (Å²) in [5.74, 6) is 0.523. The Morgan fingerprint density at radius 1 is 1.43 bits per heavy atom. The maximum absolute atomic E-state index is 11.9. The molecule has 2 N–H and O–H groups in total. The Bertz CT molecular complexity index is 612. The number of hydrogen-bond acceptors (Lipinski definition) is 4. The van der Waals surface area contributed by atoms with Crippen LogP contribution in [-0.4, -0.2) is 27.4 Å². The second-order valence-corrected chi connectivity index (χ2v) is 6.03. The molecular weight excluding hydrogens is 286 g/mol. The van der Waals surface area contributed by atoms with Gasteiger partial charge in [-0.15, -0.1) is 0 Å². The molecule has 1 fully saturated rings. The Hall–Kier alpha value is -1.43. The molecule has 21 heavy (non-hydrogen) atoms. The normalized spacial score (nSPS) is 16.6. The quantitative estimate of drug-likeness (QED) is 0.649. The maximum Gasteiger partial charge on any atom is 0.264 e. The first-order chi connectivity index (χ1) is 10.1. The van der Waals surface area contributed by atoms with Crippen molar-refractivity contribution in [1.82, 2.24) is 9.55 Å². The first kappa shape index (κ1) is 15.9. The summed E-state index contributed by atoms with van der Waals surface area (Å²) < 4.78 is 1.79. The van der Waals surface area contributed by atoms with Crippen LogP contribution in [0.5, 0.6) is 5.88 Å². The van der Waals surface area contributed by atoms with Crippen molar-refractivity contribution in [2.75, 3.05) is 6.54 Å². The Balaban J connectivity index is 2.17. The van der Waals surface area contributed by atoms with Crippen molar-refractivity contribution >= 4 is 18.4 Å². The van der Waals surface area contributed by atoms with Crippen LogP contribution in [0.1, 0.15) is 51.0 Å². The van der Waals surface area contributed by atoms with Crippen LogP contribution in [0.15, 0.2) is 9.79 Å². The minimum atomic E-state index is -0.378. The number of aromatic amines is 1. The van der Waals surface area contributed by atoms with Gasteiger partial charge in [-0.3, -0.25) is 19.3 Å². The van der Waals surface area contributed by atoms with Crippen LogP contribution in [0, 0.1) is 10.7 Å². The first-order valence-corrected chi connectivity index (χ1v) is 8.10. The highest BCUT2D eigenvalue weighted by molar-refractivity contribution is 7.71. The van der Waals surface area contributed by atoms with Gasteiger partial charge in [0.25, 0.3) is 5.56 Å². The lowest BCUT2D eigenvalue weighted by Crippen LogP contribution is -2.19. The number of rotatable bonds is 5. The lowest BCUT2D eigenvalue weighted by molar-refractivity contribution is 0.367. The van der Waals surface area contributed by atoms with Crippen LogP contribution < -0.4 is 5.56 Å². The number of hydrogen-bond donors (Lipinski definition) is 2. The van der Waals surface area contributed by atoms with Crippen LogP contribution in [0.25, 0.3) is 0 Å². The fraction of sp³-hybridized carbons (Fsp3) is 0.667. The van der Waals surface area contributed by atoms with Crippen molar-refractivity contribution in [3.8, 4) is 5.88 Å². The summed E-state index contributed by atoms with van der Waals surface area (Å²) in [6.45, 7) is 3.29. The van der Waals surface area contributed by atoms with Crippen LogP contribution in [0.2, 0.25) is 0 Å². The molecule has 1 aliphatic carbocycles. The number of nitrogens with one attached hydrogen (secondary N) is 1. The summed E-state index contributed by atoms with van der Waals surface area (Å²) >= 11 is 5.07. The van der Waals surface area contributed by atoms with Gasteiger partial charge in [-0.2, -0.15) is 0 Å². The standard InChI is InChI=1S/C15H23N3O2S/c1-2-8-18-14(20)12(13(19)17-15(18)21)10-16-9-11-6-4-3-5-7-11/h10-11,20H,2-9H2,1H3,(H,17,19,21). The molecule has 0 amide bonds. The Kier molecular flexibility index (Phi) is 5.73. The first-order valence-electron chi connectivity index (χ1n) is 7.69. The fourth-order valence-corrected chi connectivity index (χ4v) is 3.06. The van der Waals surface area contributed by atoms with Crippen LogP contribution >= 0.6 is 12.2 Å². The minimum Gasteiger partial charge on any atom is -0.494 e. The molecule has 6 heteroatoms. The lowest BCUT2D eigenvalue weighted by Gasteiger charge is -2.19. The number of aromatic nitrogens is 2. The molecule has 1 aliphatic rings. The molecule has 0 radical (unpaired) electrons. The summed E-state index contributed by atoms with van der Waals surface area (Å²) in [5, 5.41) is 10.2. The van der Waals surface area contributed by atoms with E-state index in [1.165, 1.54) is 38.3 Å². The van der Waals surface area contributed by atoms with E-state index in [0.29, 0.717) is 12.5 Å². The molecule has 1 saturated carbocycles. The average molecular weight is 309 g/mol. The molecule has 0 aliphatic heterocycles. The smallest absolute Gasteiger partial charge is 0.264 e. The summed E-state index contributed by atoms with van der Waals surface area (Å²) in [6.07, 6.45) is 8.59. The van der Waals surface area contributed by atoms with Crippen LogP contribution in [0.4, 0.5) is 0 Å². The van der Waals surface area contributed by atoms with Gasteiger partial charge in [0.2, 0.25) is 5.88 Å². The zero-order valence-electron chi connectivity index (χ0n) is 12.5. The van der Waals surface area contributed by atoms with Crippen LogP contribution in [0.3, 0.4) is 0 Å². The van der Waals surface area contributed by atoms with Crippen molar-refractivity contribution in [2.45, 2.75) is 52.0 Å². The Morgan fingerprint density at radius 3 is 2.81 bits per heavy atom. The predicted octanol–water partition coefficient (Wildman–Crippen LogP) is 3.02. The van der Waals surface area contributed by atoms with Gasteiger partial charge in [-0.05, 0) is 37.4 Å². The van der Waals surface area contributed by atoms with E-state index in [-0.39, 0.29) is 21.8 Å². The van der Waals surface area contributed by atoms with Gasteiger partial charge in [-0.1, -0.05) is 26.2 Å². The van der Waals surface area contributed by atoms with E-state index in [4.69, 9.17) is 12.2 Å². The molecule has 0 aromatic carbocycles. The minimum absolute atomic E-state index is 0.0852. The highest BCUT2D eigenvalue weighted by atomic mass is 32.1. The zero-order chi connectivity index (χ0) is 15.2. The summed E-state index contributed by atoms with van der Waals surface area (Å²) in [5.41, 5.74) is -0.176. The van der Waals surface area contributed by atoms with Crippen molar-refractivity contribution in [3.05, 3.63) is 20.7 Å². The van der Waals surface area contributed by atoms with Gasteiger partial charge >= 0.3 is 0 Å². The van der Waals surface area contributed by atoms with E-state index < -0.39 is 0 Å². The highest BCUT2D eigenvalue weighted by Gasteiger charge is 2.13. The predicted molar refractivity (Wildman–Crippen MR) is 86.9 cm³/mol. The van der Waals surface area contributed by atoms with Gasteiger partial charge in [0.05, 0.1) is 0 Å². The molecule has 0 atom stereocenters. The molecule has 5 nitrogen and oxygen atoms in total. The Labute approximate surface area is 129 Å². The molecular formula is C15H23N3O2S. The zero-order valence-corrected chi connectivity index (χ0v) is 13.3. The molecule has 1 aromatic rings. The Morgan fingerprint density at radius 2 is 2.14 bits per heavy atom. The van der Waals surface area contributed by atoms with E-state index >= 15 is 0 Å². The molecule has 0 spiro atoms. The lowest BCUT2D eigenvalue weighted by atomic mass is 9.89. The van der Waals surface area contributed by atoms with Crippen molar-refractivity contribution < 1.29 is 5.11 Å². The van der Waals surface area contributed by atoms with Gasteiger partial charge in [0.1, 0.15) is 5.56 Å². The van der Waals surface area contributed by atoms with E-state index in [9.17, 15) is 9.90 Å². The SMILES string of the molecule is CCCn1c(O)c(C=NCC2CCCCC2)c(=O)[nH]c1=S. The molecule has 0 bridgehead atoms. The maximum atomic E-state index is 11.9. The number of H-pyrrole nitrogens is 1. The molecule has 1 aromatic heterocycles. The van der Waals surface area contributed by atoms with Gasteiger partial charge in [-0.25, -0.2) is 0 Å². The topological polar surface area (TPSA) is 70.4 Å². The number of nitrogens with zero attached hydrogens (tertiary/aromatic N) is 2. The summed E-state index contributed by atoms with van der Waals surface area (Å²) in [4.78, 5) is 18.9. The second kappa shape index (κ2) is 7.54. The number of aromatic hydroxyl groups is 1. The van der Waals surface area contributed by atoms with Crippen molar-refractivity contribution in [3.63, 3.8) is 0 Å². The molecule has 0 saturated heterocycles. The van der Waals surface area contributed by atoms with E-state index in [1.807, 2.05) is 6.92 Å². The van der Waals surface area contributed by atoms with Gasteiger partial charge < -0.3 is 5.11 Å². The van der Waals surface area contributed by atoms with Gasteiger partial charge in [0.15, 0.2) is 4.77 Å². The molecule has 1 heterocycles. The van der Waals surface area contributed by atoms with Crippen molar-refractivity contribution in [1.29, 1.82) is 0 Å². The summed E-state index contributed by atoms with van der Waals surface area (Å²) in [6, 6.07) is 0. The largest absolute Gasteiger partial charge is 0.494 e. The van der Waals surface area contributed by atoms with Crippen molar-refractivity contribution in [2.24, 2.45) is 10.9 Å². The molecule has 116 valence electrons. The fourth-order valence-electron chi connectivity index (χ4n) is 2.79. The monoisotopic (exact) mass is 309 g/mol. The third-order valence-corrected chi connectivity index (χ3v) is 4.29. The number of aliphatic imine (C=N–C) groups is 1. The third kappa shape index (κ3) is 4.03. The highest BCUT2D eigenvalue weighted by Crippen LogP contribution is 2.23. The molecule has 2 rings (SSSR count). The van der Waals surface area contributed by atoms with E-state index in [2.05, 4.69) is 9.98 Å². The average Bonchev–Trinajstić information content (AvgIpc) is 2.48. The van der Waals surface area contributed by atoms with E-state index in [1.54, 1.807) is 4.57 Å². The van der Waals surface area contributed by atoms with Gasteiger partial charge in [0, 0.05) is 19.3 Å². The summed E-state index contributed by atoms with van der Waals surface area (Å²) in [7, 11) is 0. The molecule has 0 unspecified atom stereocenters. The second-order valence-electron chi connectivity index (χ2n) is 5.65. The third-order valence-electron chi connectivity index (χ3n) is 3.96. The van der Waals surface area contributed by atoms with Crippen LogP contribution in [-0.2, 0) is 6.54 Å².